The van der Waals surface area contributed by atoms with E-state index in [4.69, 9.17) is 27.9 Å². The number of hydrogen-bond acceptors (Lipinski definition) is 6. The number of carbonyl (C=O) groups is 1. The number of rotatable bonds is 6. The molecule has 0 atom stereocenters. The van der Waals surface area contributed by atoms with Crippen molar-refractivity contribution in [3.8, 4) is 0 Å². The largest absolute Gasteiger partial charge is 0.491 e. The summed E-state index contributed by atoms with van der Waals surface area (Å²) in [5.74, 6) is -1.96. The molecule has 0 spiro atoms. The van der Waals surface area contributed by atoms with E-state index >= 15 is 0 Å². The molecule has 6 nitrogen and oxygen atoms in total. The number of nitrogens with one attached hydrogen (secondary N) is 1. The first kappa shape index (κ1) is 26.4. The van der Waals surface area contributed by atoms with Gasteiger partial charge in [-0.15, -0.1) is 0 Å². The molecule has 0 bridgehead atoms. The molecule has 1 fully saturated rings. The quantitative estimate of drug-likeness (QED) is 0.456. The fourth-order valence-electron chi connectivity index (χ4n) is 4.28. The number of fused-ring (bicyclic) bond motifs is 1. The Kier molecular flexibility index (Phi) is 7.92. The summed E-state index contributed by atoms with van der Waals surface area (Å²) in [5.41, 5.74) is 2.28. The van der Waals surface area contributed by atoms with Crippen molar-refractivity contribution in [2.24, 2.45) is 5.92 Å². The molecule has 0 radical (unpaired) electrons. The van der Waals surface area contributed by atoms with Crippen LogP contribution in [0.15, 0.2) is 54.2 Å². The van der Waals surface area contributed by atoms with E-state index in [1.807, 2.05) is 36.9 Å². The number of carbonyl (C=O) groups excluding carboxylic acids is 1. The predicted octanol–water partition coefficient (Wildman–Crippen LogP) is 5.93. The first-order valence-electron chi connectivity index (χ1n) is 11.6. The Morgan fingerprint density at radius 2 is 1.78 bits per heavy atom. The van der Waals surface area contributed by atoms with Crippen molar-refractivity contribution >= 4 is 40.5 Å². The zero-order chi connectivity index (χ0) is 26.0. The van der Waals surface area contributed by atoms with Crippen LogP contribution in [0.25, 0.3) is 0 Å². The Hall–Kier alpha value is -2.62. The van der Waals surface area contributed by atoms with Gasteiger partial charge in [-0.3, -0.25) is 4.90 Å². The predicted molar refractivity (Wildman–Crippen MR) is 135 cm³/mol. The molecule has 0 amide bonds. The lowest BCUT2D eigenvalue weighted by molar-refractivity contribution is -0.195. The third-order valence-corrected chi connectivity index (χ3v) is 6.56. The van der Waals surface area contributed by atoms with E-state index in [1.165, 1.54) is 0 Å². The average Bonchev–Trinajstić information content (AvgIpc) is 2.82. The van der Waals surface area contributed by atoms with Crippen LogP contribution in [0.3, 0.4) is 0 Å². The van der Waals surface area contributed by atoms with Gasteiger partial charge in [-0.25, -0.2) is 4.79 Å². The van der Waals surface area contributed by atoms with Crippen molar-refractivity contribution in [1.82, 2.24) is 9.80 Å². The van der Waals surface area contributed by atoms with E-state index in [1.54, 1.807) is 29.2 Å². The van der Waals surface area contributed by atoms with Crippen LogP contribution in [0.5, 0.6) is 0 Å². The molecular weight excluding hydrogens is 516 g/mol. The smallest absolute Gasteiger partial charge is 0.399 e. The Balaban J connectivity index is 1.61. The van der Waals surface area contributed by atoms with Gasteiger partial charge < -0.3 is 19.9 Å². The molecule has 2 aromatic carbocycles. The number of esters is 1. The van der Waals surface area contributed by atoms with Gasteiger partial charge in [-0.05, 0) is 41.8 Å². The van der Waals surface area contributed by atoms with E-state index in [0.717, 1.165) is 11.3 Å². The monoisotopic (exact) mass is 542 g/mol. The molecule has 0 saturated carbocycles. The lowest BCUT2D eigenvalue weighted by Crippen LogP contribution is -2.49. The number of alkyl halides is 3. The number of ether oxygens (including phenoxy) is 1. The lowest BCUT2D eigenvalue weighted by Gasteiger charge is -2.42. The fourth-order valence-corrected chi connectivity index (χ4v) is 4.65. The highest BCUT2D eigenvalue weighted by Gasteiger charge is 2.44. The van der Waals surface area contributed by atoms with Gasteiger partial charge in [0.15, 0.2) is 5.82 Å². The summed E-state index contributed by atoms with van der Waals surface area (Å²) in [4.78, 5) is 17.7. The van der Waals surface area contributed by atoms with E-state index in [2.05, 4.69) is 10.2 Å². The highest BCUT2D eigenvalue weighted by atomic mass is 35.5. The highest BCUT2D eigenvalue weighted by Crippen LogP contribution is 2.38. The minimum absolute atomic E-state index is 0.0938. The van der Waals surface area contributed by atoms with Crippen LogP contribution in [0, 0.1) is 5.92 Å². The fraction of sp³-hybridized carbons (Fsp3) is 0.400. The number of halogens is 5. The average molecular weight is 543 g/mol. The van der Waals surface area contributed by atoms with Gasteiger partial charge in [-0.1, -0.05) is 49.2 Å². The molecule has 36 heavy (non-hydrogen) atoms. The molecule has 2 heterocycles. The summed E-state index contributed by atoms with van der Waals surface area (Å²) < 4.78 is 44.6. The Labute approximate surface area is 218 Å². The van der Waals surface area contributed by atoms with E-state index in [-0.39, 0.29) is 11.8 Å². The summed E-state index contributed by atoms with van der Waals surface area (Å²) in [7, 11) is 0. The van der Waals surface area contributed by atoms with Crippen LogP contribution in [0.4, 0.5) is 24.5 Å². The molecular formula is C25H27Cl2F3N4O2. The van der Waals surface area contributed by atoms with E-state index < -0.39 is 12.1 Å². The van der Waals surface area contributed by atoms with Crippen molar-refractivity contribution in [3.05, 3.63) is 69.8 Å². The second-order valence-electron chi connectivity index (χ2n) is 9.19. The second-order valence-corrected chi connectivity index (χ2v) is 10.0. The molecule has 0 aromatic heterocycles. The summed E-state index contributed by atoms with van der Waals surface area (Å²) in [6.07, 6.45) is -5.12. The van der Waals surface area contributed by atoms with Gasteiger partial charge in [-0.2, -0.15) is 13.2 Å². The molecule has 0 unspecified atom stereocenters. The Morgan fingerprint density at radius 1 is 1.08 bits per heavy atom. The molecule has 2 aromatic rings. The number of para-hydroxylation sites is 2. The molecule has 0 aliphatic carbocycles. The molecule has 194 valence electrons. The SMILES string of the molecule is CC(C)CN1C(OC(=O)C(F)(F)F)=C(N2CCN(Cc3cc(Cl)ccc3Cl)CC2)Nc2ccccc21. The van der Waals surface area contributed by atoms with Gasteiger partial charge in [0.25, 0.3) is 0 Å². The number of nitrogens with zero attached hydrogens (tertiary/aromatic N) is 3. The first-order valence-corrected chi connectivity index (χ1v) is 12.4. The van der Waals surface area contributed by atoms with Crippen LogP contribution >= 0.6 is 23.2 Å². The van der Waals surface area contributed by atoms with E-state index in [9.17, 15) is 18.0 Å². The van der Waals surface area contributed by atoms with Crippen molar-refractivity contribution in [2.45, 2.75) is 26.6 Å². The second kappa shape index (κ2) is 10.8. The first-order chi connectivity index (χ1) is 17.0. The van der Waals surface area contributed by atoms with Crippen LogP contribution < -0.4 is 10.2 Å². The van der Waals surface area contributed by atoms with Gasteiger partial charge in [0.1, 0.15) is 0 Å². The zero-order valence-electron chi connectivity index (χ0n) is 19.9. The zero-order valence-corrected chi connectivity index (χ0v) is 21.4. The Morgan fingerprint density at radius 3 is 2.44 bits per heavy atom. The third kappa shape index (κ3) is 6.02. The minimum Gasteiger partial charge on any atom is -0.399 e. The summed E-state index contributed by atoms with van der Waals surface area (Å²) in [5, 5.41) is 4.45. The Bertz CT molecular complexity index is 1150. The third-order valence-electron chi connectivity index (χ3n) is 5.95. The van der Waals surface area contributed by atoms with Gasteiger partial charge >= 0.3 is 12.1 Å². The minimum atomic E-state index is -5.12. The molecule has 2 aliphatic heterocycles. The van der Waals surface area contributed by atoms with Crippen LogP contribution in [-0.2, 0) is 16.1 Å². The normalized spacial score (nSPS) is 16.8. The van der Waals surface area contributed by atoms with Crippen LogP contribution in [-0.4, -0.2) is 54.7 Å². The van der Waals surface area contributed by atoms with Crippen molar-refractivity contribution in [2.75, 3.05) is 42.9 Å². The summed E-state index contributed by atoms with van der Waals surface area (Å²) >= 11 is 12.4. The van der Waals surface area contributed by atoms with Gasteiger partial charge in [0.2, 0.25) is 5.88 Å². The highest BCUT2D eigenvalue weighted by molar-refractivity contribution is 6.33. The summed E-state index contributed by atoms with van der Waals surface area (Å²) in [6.45, 7) is 7.13. The van der Waals surface area contributed by atoms with Crippen LogP contribution in [0.2, 0.25) is 10.0 Å². The molecule has 11 heteroatoms. The van der Waals surface area contributed by atoms with Crippen molar-refractivity contribution in [3.63, 3.8) is 0 Å². The number of hydrogen-bond donors (Lipinski definition) is 1. The van der Waals surface area contributed by atoms with E-state index in [0.29, 0.717) is 60.8 Å². The standard InChI is InChI=1S/C25H27Cl2F3N4O2/c1-16(2)14-34-21-6-4-3-5-20(21)31-22(23(34)36-24(35)25(28,29)30)33-11-9-32(10-12-33)15-17-13-18(26)7-8-19(17)27/h3-8,13,16,31H,9-12,14-15H2,1-2H3. The van der Waals surface area contributed by atoms with Crippen molar-refractivity contribution in [1.29, 1.82) is 0 Å². The summed E-state index contributed by atoms with van der Waals surface area (Å²) in [6, 6.07) is 12.6. The van der Waals surface area contributed by atoms with Crippen molar-refractivity contribution < 1.29 is 22.7 Å². The number of anilines is 2. The number of benzene rings is 2. The topological polar surface area (TPSA) is 48.1 Å². The van der Waals surface area contributed by atoms with Gasteiger partial charge in [0.05, 0.1) is 11.4 Å². The van der Waals surface area contributed by atoms with Crippen LogP contribution in [0.1, 0.15) is 19.4 Å². The maximum Gasteiger partial charge on any atom is 0.491 e. The molecule has 2 aliphatic rings. The molecule has 1 N–H and O–H groups in total. The molecule has 1 saturated heterocycles. The number of piperazine rings is 1. The van der Waals surface area contributed by atoms with Gasteiger partial charge in [0, 0.05) is 49.3 Å². The maximum atomic E-state index is 13.2. The lowest BCUT2D eigenvalue weighted by atomic mass is 10.1. The maximum absolute atomic E-state index is 13.2. The molecule has 4 rings (SSSR count).